The fraction of sp³-hybridized carbons (Fsp3) is 0.421. The molecule has 2 aliphatic rings. The number of nitrogens with zero attached hydrogens (tertiary/aromatic N) is 4. The summed E-state index contributed by atoms with van der Waals surface area (Å²) in [5, 5.41) is 11.5. The predicted molar refractivity (Wildman–Crippen MR) is 105 cm³/mol. The molecule has 1 aromatic carbocycles. The molecule has 2 fully saturated rings. The molecule has 9 heteroatoms. The molecule has 0 amide bonds. The Hall–Kier alpha value is -1.94. The average Bonchev–Trinajstić information content (AvgIpc) is 3.36. The van der Waals surface area contributed by atoms with Gasteiger partial charge in [-0.2, -0.15) is 13.1 Å². The van der Waals surface area contributed by atoms with Gasteiger partial charge in [-0.3, -0.25) is 4.98 Å². The lowest BCUT2D eigenvalue weighted by molar-refractivity contribution is -0.0643. The third kappa shape index (κ3) is 2.68. The molecule has 28 heavy (non-hydrogen) atoms. The van der Waals surface area contributed by atoms with Gasteiger partial charge in [-0.15, -0.1) is 0 Å². The highest BCUT2D eigenvalue weighted by Gasteiger charge is 2.52. The molecule has 5 rings (SSSR count). The van der Waals surface area contributed by atoms with Crippen LogP contribution in [-0.4, -0.2) is 44.7 Å². The summed E-state index contributed by atoms with van der Waals surface area (Å²) >= 11 is 1.01. The first-order chi connectivity index (χ1) is 13.5. The highest BCUT2D eigenvalue weighted by molar-refractivity contribution is 7.89. The van der Waals surface area contributed by atoms with Crippen molar-refractivity contribution in [3.8, 4) is 0 Å². The van der Waals surface area contributed by atoms with Gasteiger partial charge >= 0.3 is 0 Å². The van der Waals surface area contributed by atoms with Crippen molar-refractivity contribution in [2.24, 2.45) is 11.8 Å². The Bertz CT molecular complexity index is 1120. The highest BCUT2D eigenvalue weighted by atomic mass is 32.2. The Morgan fingerprint density at radius 3 is 2.89 bits per heavy atom. The van der Waals surface area contributed by atoms with E-state index in [4.69, 9.17) is 0 Å². The van der Waals surface area contributed by atoms with Crippen LogP contribution in [0.4, 0.5) is 0 Å². The molecule has 7 nitrogen and oxygen atoms in total. The first-order valence-electron chi connectivity index (χ1n) is 9.34. The van der Waals surface area contributed by atoms with Crippen molar-refractivity contribution in [1.82, 2.24) is 18.0 Å². The van der Waals surface area contributed by atoms with Gasteiger partial charge in [0.15, 0.2) is 0 Å². The summed E-state index contributed by atoms with van der Waals surface area (Å²) in [5.74, 6) is -0.0190. The molecule has 3 heterocycles. The molecule has 1 saturated heterocycles. The summed E-state index contributed by atoms with van der Waals surface area (Å²) < 4.78 is 36.7. The van der Waals surface area contributed by atoms with Crippen LogP contribution >= 0.6 is 11.7 Å². The van der Waals surface area contributed by atoms with Crippen molar-refractivity contribution in [1.29, 1.82) is 0 Å². The topological polar surface area (TPSA) is 96.3 Å². The summed E-state index contributed by atoms with van der Waals surface area (Å²) in [4.78, 5) is 4.35. The Labute approximate surface area is 167 Å². The van der Waals surface area contributed by atoms with Crippen LogP contribution in [0.3, 0.4) is 0 Å². The number of sulfonamides is 1. The SMILES string of the molecule is O=S(=O)(c1cccc2nsnc12)N1CC2CCCC(O)(c3cccnc3)C2C1. The molecule has 1 aliphatic heterocycles. The van der Waals surface area contributed by atoms with Crippen LogP contribution in [0.1, 0.15) is 24.8 Å². The van der Waals surface area contributed by atoms with Gasteiger partial charge in [-0.05, 0) is 43.4 Å². The molecular weight excluding hydrogens is 396 g/mol. The largest absolute Gasteiger partial charge is 0.385 e. The van der Waals surface area contributed by atoms with Gasteiger partial charge in [0.05, 0.1) is 17.3 Å². The van der Waals surface area contributed by atoms with E-state index in [0.29, 0.717) is 30.5 Å². The minimum absolute atomic E-state index is 0.126. The fourth-order valence-corrected chi connectivity index (χ4v) is 7.06. The van der Waals surface area contributed by atoms with Crippen LogP contribution in [0.2, 0.25) is 0 Å². The minimum Gasteiger partial charge on any atom is -0.385 e. The monoisotopic (exact) mass is 416 g/mol. The number of pyridine rings is 1. The Kier molecular flexibility index (Phi) is 4.24. The standard InChI is InChI=1S/C19H20N4O3S2/c24-19(14-5-3-9-20-10-14)8-2-4-13-11-23(12-15(13)19)28(25,26)17-7-1-6-16-18(17)22-27-21-16/h1,3,5-7,9-10,13,15,24H,2,4,8,11-12H2. The van der Waals surface area contributed by atoms with E-state index in [1.165, 1.54) is 4.31 Å². The van der Waals surface area contributed by atoms with Crippen LogP contribution in [0, 0.1) is 11.8 Å². The van der Waals surface area contributed by atoms with Crippen molar-refractivity contribution in [3.05, 3.63) is 48.3 Å². The van der Waals surface area contributed by atoms with Crippen LogP contribution < -0.4 is 0 Å². The first-order valence-corrected chi connectivity index (χ1v) is 11.5. The Morgan fingerprint density at radius 1 is 1.18 bits per heavy atom. The van der Waals surface area contributed by atoms with Gasteiger partial charge in [0.2, 0.25) is 10.0 Å². The Morgan fingerprint density at radius 2 is 2.07 bits per heavy atom. The molecular formula is C19H20N4O3S2. The number of hydrogen-bond donors (Lipinski definition) is 1. The van der Waals surface area contributed by atoms with Crippen molar-refractivity contribution < 1.29 is 13.5 Å². The zero-order valence-electron chi connectivity index (χ0n) is 15.1. The maximum atomic E-state index is 13.4. The van der Waals surface area contributed by atoms with Crippen molar-refractivity contribution in [2.45, 2.75) is 29.8 Å². The van der Waals surface area contributed by atoms with E-state index < -0.39 is 15.6 Å². The third-order valence-electron chi connectivity index (χ3n) is 6.18. The molecule has 146 valence electrons. The Balaban J connectivity index is 1.51. The number of fused-ring (bicyclic) bond motifs is 2. The lowest BCUT2D eigenvalue weighted by Crippen LogP contribution is -2.43. The second-order valence-electron chi connectivity index (χ2n) is 7.63. The van der Waals surface area contributed by atoms with E-state index in [9.17, 15) is 13.5 Å². The molecule has 0 radical (unpaired) electrons. The number of hydrogen-bond acceptors (Lipinski definition) is 7. The average molecular weight is 417 g/mol. The summed E-state index contributed by atoms with van der Waals surface area (Å²) in [5.41, 5.74) is 0.740. The second kappa shape index (κ2) is 6.55. The van der Waals surface area contributed by atoms with E-state index in [1.54, 1.807) is 30.6 Å². The van der Waals surface area contributed by atoms with Crippen molar-refractivity contribution >= 4 is 32.8 Å². The molecule has 3 atom stereocenters. The van der Waals surface area contributed by atoms with Crippen molar-refractivity contribution in [2.75, 3.05) is 13.1 Å². The first kappa shape index (κ1) is 18.1. The predicted octanol–water partition coefficient (Wildman–Crippen LogP) is 2.39. The highest BCUT2D eigenvalue weighted by Crippen LogP contribution is 2.49. The minimum atomic E-state index is -3.72. The molecule has 3 aromatic rings. The molecule has 0 spiro atoms. The molecule has 1 saturated carbocycles. The van der Waals surface area contributed by atoms with E-state index in [-0.39, 0.29) is 16.7 Å². The van der Waals surface area contributed by atoms with E-state index in [1.807, 2.05) is 12.1 Å². The van der Waals surface area contributed by atoms with Crippen LogP contribution in [0.5, 0.6) is 0 Å². The number of aromatic nitrogens is 3. The fourth-order valence-electron chi connectivity index (χ4n) is 4.79. The summed E-state index contributed by atoms with van der Waals surface area (Å²) in [6, 6.07) is 8.76. The zero-order valence-corrected chi connectivity index (χ0v) is 16.7. The molecule has 0 bridgehead atoms. The van der Waals surface area contributed by atoms with Gasteiger partial charge in [0.1, 0.15) is 15.9 Å². The molecule has 3 unspecified atom stereocenters. The number of rotatable bonds is 3. The van der Waals surface area contributed by atoms with E-state index in [2.05, 4.69) is 13.7 Å². The van der Waals surface area contributed by atoms with Crippen LogP contribution in [0.25, 0.3) is 11.0 Å². The summed E-state index contributed by atoms with van der Waals surface area (Å²) in [6.45, 7) is 0.718. The maximum Gasteiger partial charge on any atom is 0.245 e. The van der Waals surface area contributed by atoms with Crippen molar-refractivity contribution in [3.63, 3.8) is 0 Å². The molecule has 1 aliphatic carbocycles. The number of aliphatic hydroxyl groups is 1. The van der Waals surface area contributed by atoms with Crippen LogP contribution in [0.15, 0.2) is 47.6 Å². The number of benzene rings is 1. The third-order valence-corrected chi connectivity index (χ3v) is 8.59. The zero-order chi connectivity index (χ0) is 19.4. The smallest absolute Gasteiger partial charge is 0.245 e. The van der Waals surface area contributed by atoms with Gasteiger partial charge in [-0.25, -0.2) is 8.42 Å². The lowest BCUT2D eigenvalue weighted by Gasteiger charge is -2.41. The normalized spacial score (nSPS) is 28.5. The summed E-state index contributed by atoms with van der Waals surface area (Å²) in [6.07, 6.45) is 5.79. The van der Waals surface area contributed by atoms with Gasteiger partial charge in [-0.1, -0.05) is 12.1 Å². The van der Waals surface area contributed by atoms with Crippen LogP contribution in [-0.2, 0) is 15.6 Å². The van der Waals surface area contributed by atoms with E-state index in [0.717, 1.165) is 30.1 Å². The maximum absolute atomic E-state index is 13.4. The quantitative estimate of drug-likeness (QED) is 0.704. The van der Waals surface area contributed by atoms with E-state index >= 15 is 0 Å². The lowest BCUT2D eigenvalue weighted by atomic mass is 9.68. The van der Waals surface area contributed by atoms with Gasteiger partial charge in [0.25, 0.3) is 0 Å². The summed E-state index contributed by atoms with van der Waals surface area (Å²) in [7, 11) is -3.72. The molecule has 1 N–H and O–H groups in total. The van der Waals surface area contributed by atoms with Gasteiger partial charge in [0, 0.05) is 37.0 Å². The van der Waals surface area contributed by atoms with Gasteiger partial charge < -0.3 is 5.11 Å². The second-order valence-corrected chi connectivity index (χ2v) is 10.1. The molecule has 2 aromatic heterocycles.